The lowest BCUT2D eigenvalue weighted by Gasteiger charge is -2.35. The summed E-state index contributed by atoms with van der Waals surface area (Å²) in [7, 11) is 2.01. The number of amides is 1. The van der Waals surface area contributed by atoms with Crippen LogP contribution in [-0.4, -0.2) is 36.0 Å². The molecule has 1 N–H and O–H groups in total. The van der Waals surface area contributed by atoms with Gasteiger partial charge in [-0.25, -0.2) is 0 Å². The van der Waals surface area contributed by atoms with Crippen molar-refractivity contribution in [1.29, 1.82) is 0 Å². The molecule has 1 aromatic carbocycles. The Morgan fingerprint density at radius 3 is 2.68 bits per heavy atom. The Balaban J connectivity index is 1.41. The maximum absolute atomic E-state index is 12.7. The number of hydrogen-bond donors (Lipinski definition) is 1. The fraction of sp³-hybridized carbons (Fsp3) is 0.632. The van der Waals surface area contributed by atoms with Gasteiger partial charge in [-0.2, -0.15) is 0 Å². The van der Waals surface area contributed by atoms with Crippen LogP contribution in [0.3, 0.4) is 0 Å². The molecule has 4 rings (SSSR count). The minimum Gasteiger partial charge on any atom is -0.342 e. The van der Waals surface area contributed by atoms with E-state index in [-0.39, 0.29) is 5.91 Å². The molecule has 2 fully saturated rings. The Bertz CT molecular complexity index is 571. The van der Waals surface area contributed by atoms with Gasteiger partial charge in [0.15, 0.2) is 0 Å². The molecule has 0 spiro atoms. The van der Waals surface area contributed by atoms with Crippen LogP contribution in [0, 0.1) is 0 Å². The first-order valence-corrected chi connectivity index (χ1v) is 8.81. The van der Waals surface area contributed by atoms with Crippen molar-refractivity contribution in [2.75, 3.05) is 7.05 Å². The molecule has 22 heavy (non-hydrogen) atoms. The number of carbonyl (C=O) groups excluding carboxylic acids is 1. The zero-order valence-corrected chi connectivity index (χ0v) is 13.5. The molecule has 0 aromatic heterocycles. The van der Waals surface area contributed by atoms with Gasteiger partial charge in [0.2, 0.25) is 5.91 Å². The van der Waals surface area contributed by atoms with Gasteiger partial charge >= 0.3 is 0 Å². The average Bonchev–Trinajstić information content (AvgIpc) is 3.12. The van der Waals surface area contributed by atoms with E-state index in [2.05, 4.69) is 23.5 Å². The maximum Gasteiger partial charge on any atom is 0.226 e. The van der Waals surface area contributed by atoms with Gasteiger partial charge < -0.3 is 10.2 Å². The summed E-state index contributed by atoms with van der Waals surface area (Å²) in [4.78, 5) is 14.7. The highest BCUT2D eigenvalue weighted by Crippen LogP contribution is 2.29. The van der Waals surface area contributed by atoms with Crippen molar-refractivity contribution in [3.63, 3.8) is 0 Å². The topological polar surface area (TPSA) is 32.3 Å². The van der Waals surface area contributed by atoms with E-state index < -0.39 is 0 Å². The molecule has 2 atom stereocenters. The number of likely N-dealkylation sites (N-methyl/N-ethyl adjacent to an activating group) is 1. The van der Waals surface area contributed by atoms with Crippen LogP contribution in [0.2, 0.25) is 0 Å². The summed E-state index contributed by atoms with van der Waals surface area (Å²) in [6.45, 7) is 0. The lowest BCUT2D eigenvalue weighted by Crippen LogP contribution is -2.49. The van der Waals surface area contributed by atoms with Crippen LogP contribution in [0.4, 0.5) is 0 Å². The fourth-order valence-corrected chi connectivity index (χ4v) is 4.58. The SMILES string of the molecule is CN(C(=O)Cc1ccc2c(c1)CCC2)C1CC2CCC(C1)N2. The van der Waals surface area contributed by atoms with E-state index in [4.69, 9.17) is 0 Å². The van der Waals surface area contributed by atoms with E-state index in [1.54, 1.807) is 0 Å². The number of nitrogens with one attached hydrogen (secondary N) is 1. The summed E-state index contributed by atoms with van der Waals surface area (Å²) < 4.78 is 0. The second kappa shape index (κ2) is 5.69. The van der Waals surface area contributed by atoms with Gasteiger partial charge in [-0.05, 0) is 61.6 Å². The summed E-state index contributed by atoms with van der Waals surface area (Å²) in [5, 5.41) is 3.65. The molecule has 0 saturated carbocycles. The molecular formula is C19H26N2O. The monoisotopic (exact) mass is 298 g/mol. The third-order valence-electron chi connectivity index (χ3n) is 5.91. The number of nitrogens with zero attached hydrogens (tertiary/aromatic N) is 1. The quantitative estimate of drug-likeness (QED) is 0.930. The Morgan fingerprint density at radius 2 is 1.91 bits per heavy atom. The average molecular weight is 298 g/mol. The Hall–Kier alpha value is -1.35. The number of fused-ring (bicyclic) bond motifs is 3. The van der Waals surface area contributed by atoms with Crippen LogP contribution >= 0.6 is 0 Å². The van der Waals surface area contributed by atoms with Crippen LogP contribution in [0.5, 0.6) is 0 Å². The number of piperidine rings is 1. The number of rotatable bonds is 3. The zero-order valence-electron chi connectivity index (χ0n) is 13.5. The smallest absolute Gasteiger partial charge is 0.226 e. The van der Waals surface area contributed by atoms with Crippen LogP contribution in [0.25, 0.3) is 0 Å². The summed E-state index contributed by atoms with van der Waals surface area (Å²) in [6.07, 6.45) is 9.05. The number of benzene rings is 1. The molecule has 1 aliphatic carbocycles. The highest BCUT2D eigenvalue weighted by atomic mass is 16.2. The van der Waals surface area contributed by atoms with Gasteiger partial charge in [-0.15, -0.1) is 0 Å². The molecule has 0 radical (unpaired) electrons. The number of hydrogen-bond acceptors (Lipinski definition) is 2. The minimum atomic E-state index is 0.282. The molecule has 2 aliphatic heterocycles. The molecule has 2 heterocycles. The predicted octanol–water partition coefficient (Wildman–Crippen LogP) is 2.46. The van der Waals surface area contributed by atoms with E-state index in [9.17, 15) is 4.79 Å². The number of carbonyl (C=O) groups is 1. The highest BCUT2D eigenvalue weighted by molar-refractivity contribution is 5.79. The Kier molecular flexibility index (Phi) is 3.69. The van der Waals surface area contributed by atoms with Gasteiger partial charge in [0.1, 0.15) is 0 Å². The summed E-state index contributed by atoms with van der Waals surface area (Å²) in [5.74, 6) is 0.282. The van der Waals surface area contributed by atoms with Crippen molar-refractivity contribution in [3.8, 4) is 0 Å². The van der Waals surface area contributed by atoms with E-state index in [1.165, 1.54) is 48.8 Å². The van der Waals surface area contributed by atoms with Crippen LogP contribution in [0.1, 0.15) is 48.8 Å². The lowest BCUT2D eigenvalue weighted by molar-refractivity contribution is -0.131. The predicted molar refractivity (Wildman–Crippen MR) is 87.9 cm³/mol. The summed E-state index contributed by atoms with van der Waals surface area (Å²) >= 11 is 0. The van der Waals surface area contributed by atoms with Crippen LogP contribution in [0.15, 0.2) is 18.2 Å². The van der Waals surface area contributed by atoms with Crippen molar-refractivity contribution in [2.24, 2.45) is 0 Å². The summed E-state index contributed by atoms with van der Waals surface area (Å²) in [6, 6.07) is 8.36. The Morgan fingerprint density at radius 1 is 1.18 bits per heavy atom. The molecule has 1 amide bonds. The molecule has 3 aliphatic rings. The lowest BCUT2D eigenvalue weighted by atomic mass is 9.97. The molecule has 3 heteroatoms. The van der Waals surface area contributed by atoms with E-state index in [0.29, 0.717) is 24.5 Å². The van der Waals surface area contributed by atoms with E-state index in [0.717, 1.165) is 12.8 Å². The standard InChI is InChI=1S/C19H26N2O/c1-21(18-11-16-7-8-17(12-18)20-16)19(22)10-13-5-6-14-3-2-4-15(14)9-13/h5-6,9,16-18,20H,2-4,7-8,10-12H2,1H3. The Labute approximate surface area is 133 Å². The zero-order chi connectivity index (χ0) is 15.1. The molecule has 2 saturated heterocycles. The molecule has 2 bridgehead atoms. The van der Waals surface area contributed by atoms with E-state index >= 15 is 0 Å². The largest absolute Gasteiger partial charge is 0.342 e. The first-order valence-electron chi connectivity index (χ1n) is 8.81. The van der Waals surface area contributed by atoms with Gasteiger partial charge in [0.25, 0.3) is 0 Å². The molecule has 118 valence electrons. The second-order valence-corrected chi connectivity index (χ2v) is 7.40. The fourth-order valence-electron chi connectivity index (χ4n) is 4.58. The number of aryl methyl sites for hydroxylation is 2. The third-order valence-corrected chi connectivity index (χ3v) is 5.91. The van der Waals surface area contributed by atoms with Gasteiger partial charge in [0.05, 0.1) is 6.42 Å². The maximum atomic E-state index is 12.7. The van der Waals surface area contributed by atoms with Crippen LogP contribution < -0.4 is 5.32 Å². The molecule has 1 aromatic rings. The normalized spacial score (nSPS) is 29.4. The van der Waals surface area contributed by atoms with E-state index in [1.807, 2.05) is 11.9 Å². The highest BCUT2D eigenvalue weighted by Gasteiger charge is 2.36. The molecule has 3 nitrogen and oxygen atoms in total. The van der Waals surface area contributed by atoms with Crippen molar-refractivity contribution in [3.05, 3.63) is 34.9 Å². The first-order chi connectivity index (χ1) is 10.7. The van der Waals surface area contributed by atoms with Crippen molar-refractivity contribution in [1.82, 2.24) is 10.2 Å². The van der Waals surface area contributed by atoms with Gasteiger partial charge in [-0.1, -0.05) is 18.2 Å². The van der Waals surface area contributed by atoms with Crippen molar-refractivity contribution < 1.29 is 4.79 Å². The second-order valence-electron chi connectivity index (χ2n) is 7.40. The van der Waals surface area contributed by atoms with Crippen molar-refractivity contribution >= 4 is 5.91 Å². The van der Waals surface area contributed by atoms with Crippen molar-refractivity contribution in [2.45, 2.75) is 69.5 Å². The molecule has 2 unspecified atom stereocenters. The van der Waals surface area contributed by atoms with Gasteiger partial charge in [0, 0.05) is 25.2 Å². The first kappa shape index (κ1) is 14.3. The molecular weight excluding hydrogens is 272 g/mol. The van der Waals surface area contributed by atoms with Crippen LogP contribution in [-0.2, 0) is 24.1 Å². The third kappa shape index (κ3) is 2.67. The minimum absolute atomic E-state index is 0.282. The van der Waals surface area contributed by atoms with Gasteiger partial charge in [-0.3, -0.25) is 4.79 Å². The summed E-state index contributed by atoms with van der Waals surface area (Å²) in [5.41, 5.74) is 4.14.